The van der Waals surface area contributed by atoms with Crippen LogP contribution in [0.15, 0.2) is 29.2 Å². The molecule has 0 aromatic heterocycles. The summed E-state index contributed by atoms with van der Waals surface area (Å²) in [5, 5.41) is 0. The summed E-state index contributed by atoms with van der Waals surface area (Å²) < 4.78 is 31.9. The van der Waals surface area contributed by atoms with Gasteiger partial charge in [0.05, 0.1) is 4.90 Å². The zero-order valence-electron chi connectivity index (χ0n) is 9.23. The summed E-state index contributed by atoms with van der Waals surface area (Å²) in [6.45, 7) is 4.11. The van der Waals surface area contributed by atoms with Crippen LogP contribution in [0.1, 0.15) is 31.7 Å². The SMILES string of the molecule is CCC(C)c1ccc(S(=O)(=O)[O-])cc1.[Cs+]. The normalized spacial score (nSPS) is 13.0. The topological polar surface area (TPSA) is 57.2 Å². The molecule has 0 amide bonds. The van der Waals surface area contributed by atoms with E-state index in [4.69, 9.17) is 0 Å². The molecule has 5 heteroatoms. The van der Waals surface area contributed by atoms with Gasteiger partial charge in [0, 0.05) is 0 Å². The molecule has 0 N–H and O–H groups in total. The summed E-state index contributed by atoms with van der Waals surface area (Å²) in [5.74, 6) is 0.387. The van der Waals surface area contributed by atoms with Crippen molar-refractivity contribution in [2.24, 2.45) is 0 Å². The predicted octanol–water partition coefficient (Wildman–Crippen LogP) is -0.892. The summed E-state index contributed by atoms with van der Waals surface area (Å²) in [6, 6.07) is 6.12. The van der Waals surface area contributed by atoms with Gasteiger partial charge in [-0.3, -0.25) is 0 Å². The smallest absolute Gasteiger partial charge is 0.744 e. The van der Waals surface area contributed by atoms with Gasteiger partial charge in [0.2, 0.25) is 0 Å². The monoisotopic (exact) mass is 346 g/mol. The summed E-state index contributed by atoms with van der Waals surface area (Å²) >= 11 is 0. The van der Waals surface area contributed by atoms with Crippen molar-refractivity contribution in [3.63, 3.8) is 0 Å². The van der Waals surface area contributed by atoms with Crippen LogP contribution in [0.2, 0.25) is 0 Å². The first kappa shape index (κ1) is 16.2. The van der Waals surface area contributed by atoms with E-state index in [1.54, 1.807) is 12.1 Å². The van der Waals surface area contributed by atoms with Crippen molar-refractivity contribution in [2.45, 2.75) is 31.1 Å². The van der Waals surface area contributed by atoms with Crippen LogP contribution in [-0.2, 0) is 10.1 Å². The van der Waals surface area contributed by atoms with Gasteiger partial charge in [0.15, 0.2) is 0 Å². The Balaban J connectivity index is 0.00000196. The van der Waals surface area contributed by atoms with E-state index in [0.29, 0.717) is 5.92 Å². The molecule has 0 saturated carbocycles. The Morgan fingerprint density at radius 3 is 2.07 bits per heavy atom. The second-order valence-corrected chi connectivity index (χ2v) is 4.71. The molecule has 0 saturated heterocycles. The molecule has 0 aliphatic rings. The number of benzene rings is 1. The molecule has 0 aliphatic heterocycles. The Bertz CT molecular complexity index is 397. The van der Waals surface area contributed by atoms with Gasteiger partial charge in [0.1, 0.15) is 10.1 Å². The fourth-order valence-corrected chi connectivity index (χ4v) is 1.67. The Morgan fingerprint density at radius 2 is 1.73 bits per heavy atom. The third-order valence-corrected chi connectivity index (χ3v) is 3.20. The van der Waals surface area contributed by atoms with Gasteiger partial charge in [-0.2, -0.15) is 0 Å². The van der Waals surface area contributed by atoms with Gasteiger partial charge < -0.3 is 4.55 Å². The first-order valence-electron chi connectivity index (χ1n) is 4.51. The van der Waals surface area contributed by atoms with Crippen LogP contribution in [0.25, 0.3) is 0 Å². The van der Waals surface area contributed by atoms with Crippen LogP contribution in [0.4, 0.5) is 0 Å². The summed E-state index contributed by atoms with van der Waals surface area (Å²) in [5.41, 5.74) is 1.06. The minimum atomic E-state index is -4.30. The summed E-state index contributed by atoms with van der Waals surface area (Å²) in [4.78, 5) is -0.162. The molecule has 1 rings (SSSR count). The number of rotatable bonds is 3. The molecule has 1 unspecified atom stereocenters. The minimum Gasteiger partial charge on any atom is -0.744 e. The van der Waals surface area contributed by atoms with E-state index in [2.05, 4.69) is 13.8 Å². The standard InChI is InChI=1S/C10H14O3S.Cs/c1-3-8(2)9-4-6-10(7-5-9)14(11,12)13;/h4-8H,3H2,1-2H3,(H,11,12,13);/q;+1/p-1. The van der Waals surface area contributed by atoms with Crippen molar-refractivity contribution in [3.8, 4) is 0 Å². The average molecular weight is 346 g/mol. The van der Waals surface area contributed by atoms with E-state index in [0.717, 1.165) is 12.0 Å². The average Bonchev–Trinajstić information content (AvgIpc) is 2.15. The molecule has 0 aliphatic carbocycles. The van der Waals surface area contributed by atoms with Gasteiger partial charge in [-0.1, -0.05) is 26.0 Å². The molecule has 0 fully saturated rings. The maximum absolute atomic E-state index is 10.6. The minimum absolute atomic E-state index is 0. The van der Waals surface area contributed by atoms with Gasteiger partial charge in [-0.15, -0.1) is 0 Å². The predicted molar refractivity (Wildman–Crippen MR) is 53.1 cm³/mol. The summed E-state index contributed by atoms with van der Waals surface area (Å²) in [6.07, 6.45) is 0.990. The first-order valence-corrected chi connectivity index (χ1v) is 5.92. The molecule has 1 aromatic rings. The van der Waals surface area contributed by atoms with Crippen molar-refractivity contribution in [1.82, 2.24) is 0 Å². The second-order valence-electron chi connectivity index (χ2n) is 3.33. The zero-order valence-corrected chi connectivity index (χ0v) is 16.3. The largest absolute Gasteiger partial charge is 1.00 e. The molecule has 1 aromatic carbocycles. The molecule has 15 heavy (non-hydrogen) atoms. The van der Waals surface area contributed by atoms with E-state index in [1.807, 2.05) is 0 Å². The third kappa shape index (κ3) is 4.91. The van der Waals surface area contributed by atoms with Crippen LogP contribution in [0, 0.1) is 0 Å². The second kappa shape index (κ2) is 6.81. The van der Waals surface area contributed by atoms with Crippen molar-refractivity contribution in [3.05, 3.63) is 29.8 Å². The maximum atomic E-state index is 10.6. The van der Waals surface area contributed by atoms with Crippen LogP contribution in [0.3, 0.4) is 0 Å². The van der Waals surface area contributed by atoms with E-state index >= 15 is 0 Å². The van der Waals surface area contributed by atoms with E-state index in [9.17, 15) is 13.0 Å². The molecule has 0 spiro atoms. The number of hydrogen-bond donors (Lipinski definition) is 0. The van der Waals surface area contributed by atoms with Crippen molar-refractivity contribution < 1.29 is 81.9 Å². The molecule has 3 nitrogen and oxygen atoms in total. The molecule has 0 heterocycles. The van der Waals surface area contributed by atoms with Crippen LogP contribution in [0.5, 0.6) is 0 Å². The fraction of sp³-hybridized carbons (Fsp3) is 0.400. The molecule has 1 atom stereocenters. The molecule has 0 bridgehead atoms. The Kier molecular flexibility index (Phi) is 7.34. The fourth-order valence-electron chi connectivity index (χ4n) is 1.20. The Morgan fingerprint density at radius 1 is 1.27 bits per heavy atom. The maximum Gasteiger partial charge on any atom is 1.00 e. The first-order chi connectivity index (χ1) is 6.45. The zero-order chi connectivity index (χ0) is 10.8. The summed E-state index contributed by atoms with van der Waals surface area (Å²) in [7, 11) is -4.30. The molecule has 78 valence electrons. The van der Waals surface area contributed by atoms with Gasteiger partial charge in [-0.25, -0.2) is 8.42 Å². The van der Waals surface area contributed by atoms with Crippen LogP contribution >= 0.6 is 0 Å². The van der Waals surface area contributed by atoms with Gasteiger partial charge >= 0.3 is 68.9 Å². The Hall–Kier alpha value is 1.18. The molecular weight excluding hydrogens is 333 g/mol. The van der Waals surface area contributed by atoms with E-state index in [1.165, 1.54) is 12.1 Å². The van der Waals surface area contributed by atoms with Crippen LogP contribution < -0.4 is 68.9 Å². The third-order valence-electron chi connectivity index (χ3n) is 2.35. The van der Waals surface area contributed by atoms with Crippen molar-refractivity contribution in [1.29, 1.82) is 0 Å². The van der Waals surface area contributed by atoms with Gasteiger partial charge in [0.25, 0.3) is 0 Å². The molecule has 0 radical (unpaired) electrons. The Labute approximate surface area is 150 Å². The molecular formula is C10H13CsO3S. The number of hydrogen-bond acceptors (Lipinski definition) is 3. The van der Waals surface area contributed by atoms with Crippen molar-refractivity contribution in [2.75, 3.05) is 0 Å². The van der Waals surface area contributed by atoms with Crippen LogP contribution in [-0.4, -0.2) is 13.0 Å². The quantitative estimate of drug-likeness (QED) is 0.668. The van der Waals surface area contributed by atoms with E-state index in [-0.39, 0.29) is 73.8 Å². The van der Waals surface area contributed by atoms with E-state index < -0.39 is 10.1 Å². The van der Waals surface area contributed by atoms with Crippen molar-refractivity contribution >= 4 is 10.1 Å². The van der Waals surface area contributed by atoms with Gasteiger partial charge in [-0.05, 0) is 30.0 Å².